The predicted octanol–water partition coefficient (Wildman–Crippen LogP) is 0.487. The number of rotatable bonds is 11. The van der Waals surface area contributed by atoms with E-state index in [0.29, 0.717) is 13.0 Å². The van der Waals surface area contributed by atoms with Gasteiger partial charge in [-0.25, -0.2) is 0 Å². The molecule has 1 aliphatic heterocycles. The highest BCUT2D eigenvalue weighted by atomic mass is 16.3. The highest BCUT2D eigenvalue weighted by Crippen LogP contribution is 2.14. The Balaban J connectivity index is 2.66. The van der Waals surface area contributed by atoms with Gasteiger partial charge in [-0.05, 0) is 45.8 Å². The Bertz CT molecular complexity index is 473. The first-order chi connectivity index (χ1) is 12.3. The average molecular weight is 370 g/mol. The van der Waals surface area contributed by atoms with E-state index in [2.05, 4.69) is 10.2 Å². The number of aliphatic hydroxyl groups excluding tert-OH is 1. The summed E-state index contributed by atoms with van der Waals surface area (Å²) in [5.41, 5.74) is 5.55. The number of nitrogens with one attached hydrogen (secondary N) is 1. The molecule has 1 heterocycles. The van der Waals surface area contributed by atoms with Gasteiger partial charge in [-0.1, -0.05) is 20.3 Å². The first-order valence-corrected chi connectivity index (χ1v) is 9.72. The van der Waals surface area contributed by atoms with Gasteiger partial charge in [0.1, 0.15) is 5.78 Å². The molecule has 1 amide bonds. The van der Waals surface area contributed by atoms with Gasteiger partial charge in [0.15, 0.2) is 5.78 Å². The number of amides is 1. The number of ketones is 2. The summed E-state index contributed by atoms with van der Waals surface area (Å²) in [5, 5.41) is 12.7. The quantitative estimate of drug-likeness (QED) is 0.488. The molecule has 0 aromatic carbocycles. The summed E-state index contributed by atoms with van der Waals surface area (Å²) in [6, 6.07) is -0.675. The van der Waals surface area contributed by atoms with E-state index >= 15 is 0 Å². The van der Waals surface area contributed by atoms with Crippen molar-refractivity contribution in [1.82, 2.24) is 10.2 Å². The molecule has 1 saturated heterocycles. The molecule has 1 fully saturated rings. The molecule has 0 aliphatic carbocycles. The van der Waals surface area contributed by atoms with E-state index in [1.807, 2.05) is 0 Å². The van der Waals surface area contributed by atoms with E-state index in [4.69, 9.17) is 5.73 Å². The van der Waals surface area contributed by atoms with Crippen molar-refractivity contribution < 1.29 is 19.5 Å². The highest BCUT2D eigenvalue weighted by molar-refractivity contribution is 5.93. The van der Waals surface area contributed by atoms with E-state index in [1.165, 1.54) is 13.3 Å². The summed E-state index contributed by atoms with van der Waals surface area (Å²) in [4.78, 5) is 39.3. The van der Waals surface area contributed by atoms with Crippen molar-refractivity contribution in [3.05, 3.63) is 0 Å². The Labute approximate surface area is 156 Å². The molecule has 150 valence electrons. The molecule has 3 atom stereocenters. The second kappa shape index (κ2) is 11.4. The molecule has 0 aromatic rings. The number of piperidine rings is 1. The van der Waals surface area contributed by atoms with Gasteiger partial charge in [-0.3, -0.25) is 19.3 Å². The highest BCUT2D eigenvalue weighted by Gasteiger charge is 2.31. The number of carbonyl (C=O) groups is 3. The standard InChI is InChI=1S/C19H35N3O4/c1-13(2)18(25)17(7-8-20)21-19(26)16(14(3)23)11-15(24)12-22-9-5-4-6-10-22/h13-14,16-17,23H,4-12,20H2,1-3H3,(H,21,26)/t14?,16-,17-/m0/s1. The zero-order valence-corrected chi connectivity index (χ0v) is 16.4. The molecule has 1 aliphatic rings. The maximum Gasteiger partial charge on any atom is 0.226 e. The third kappa shape index (κ3) is 7.51. The molecule has 26 heavy (non-hydrogen) atoms. The number of aliphatic hydroxyl groups is 1. The summed E-state index contributed by atoms with van der Waals surface area (Å²) in [6.07, 6.45) is 2.73. The van der Waals surface area contributed by atoms with Gasteiger partial charge in [0.2, 0.25) is 5.91 Å². The van der Waals surface area contributed by atoms with E-state index in [1.54, 1.807) is 13.8 Å². The van der Waals surface area contributed by atoms with Gasteiger partial charge >= 0.3 is 0 Å². The van der Waals surface area contributed by atoms with Gasteiger partial charge in [0.25, 0.3) is 0 Å². The van der Waals surface area contributed by atoms with Crippen LogP contribution in [0.5, 0.6) is 0 Å². The minimum atomic E-state index is -0.965. The van der Waals surface area contributed by atoms with Crippen LogP contribution in [0.25, 0.3) is 0 Å². The number of nitrogens with two attached hydrogens (primary N) is 1. The lowest BCUT2D eigenvalue weighted by molar-refractivity contribution is -0.136. The predicted molar refractivity (Wildman–Crippen MR) is 101 cm³/mol. The molecule has 1 unspecified atom stereocenters. The molecular formula is C19H35N3O4. The van der Waals surface area contributed by atoms with Crippen LogP contribution in [0.3, 0.4) is 0 Å². The van der Waals surface area contributed by atoms with Gasteiger partial charge in [0, 0.05) is 12.3 Å². The van der Waals surface area contributed by atoms with Crippen molar-refractivity contribution >= 4 is 17.5 Å². The first-order valence-electron chi connectivity index (χ1n) is 9.72. The van der Waals surface area contributed by atoms with Gasteiger partial charge in [-0.2, -0.15) is 0 Å². The average Bonchev–Trinajstić information content (AvgIpc) is 2.59. The molecule has 0 aromatic heterocycles. The lowest BCUT2D eigenvalue weighted by Gasteiger charge is -2.27. The van der Waals surface area contributed by atoms with Gasteiger partial charge in [0.05, 0.1) is 24.6 Å². The molecule has 7 heteroatoms. The van der Waals surface area contributed by atoms with E-state index < -0.39 is 24.0 Å². The SMILES string of the molecule is CC(C)C(=O)[C@H](CCN)NC(=O)[C@@H](CC(=O)CN1CCCCC1)C(C)O. The maximum atomic E-state index is 12.6. The molecule has 0 spiro atoms. The number of carbonyl (C=O) groups excluding carboxylic acids is 3. The summed E-state index contributed by atoms with van der Waals surface area (Å²) >= 11 is 0. The fourth-order valence-corrected chi connectivity index (χ4v) is 3.29. The topological polar surface area (TPSA) is 113 Å². The minimum absolute atomic E-state index is 0.0226. The lowest BCUT2D eigenvalue weighted by atomic mass is 9.93. The summed E-state index contributed by atoms with van der Waals surface area (Å²) in [5.74, 6) is -1.68. The van der Waals surface area contributed by atoms with Crippen LogP contribution in [0.15, 0.2) is 0 Å². The Hall–Kier alpha value is -1.31. The monoisotopic (exact) mass is 369 g/mol. The molecular weight excluding hydrogens is 334 g/mol. The van der Waals surface area contributed by atoms with Crippen LogP contribution >= 0.6 is 0 Å². The maximum absolute atomic E-state index is 12.6. The Morgan fingerprint density at radius 1 is 1.12 bits per heavy atom. The third-order valence-corrected chi connectivity index (χ3v) is 4.90. The van der Waals surface area contributed by atoms with Crippen molar-refractivity contribution in [3.63, 3.8) is 0 Å². The second-order valence-electron chi connectivity index (χ2n) is 7.62. The Morgan fingerprint density at radius 3 is 2.23 bits per heavy atom. The summed E-state index contributed by atoms with van der Waals surface area (Å²) in [7, 11) is 0. The number of Topliss-reactive ketones (excluding diaryl/α,β-unsaturated/α-hetero) is 2. The second-order valence-corrected chi connectivity index (χ2v) is 7.62. The van der Waals surface area contributed by atoms with Crippen molar-refractivity contribution in [1.29, 1.82) is 0 Å². The largest absolute Gasteiger partial charge is 0.393 e. The Morgan fingerprint density at radius 2 is 1.73 bits per heavy atom. The molecule has 0 bridgehead atoms. The van der Waals surface area contributed by atoms with Gasteiger partial charge in [-0.15, -0.1) is 0 Å². The zero-order valence-electron chi connectivity index (χ0n) is 16.4. The van der Waals surface area contributed by atoms with Crippen LogP contribution in [-0.2, 0) is 14.4 Å². The van der Waals surface area contributed by atoms with Crippen molar-refractivity contribution in [2.75, 3.05) is 26.2 Å². The first kappa shape index (κ1) is 22.7. The summed E-state index contributed by atoms with van der Waals surface area (Å²) < 4.78 is 0. The smallest absolute Gasteiger partial charge is 0.226 e. The minimum Gasteiger partial charge on any atom is -0.393 e. The zero-order chi connectivity index (χ0) is 19.7. The van der Waals surface area contributed by atoms with Crippen LogP contribution in [0, 0.1) is 11.8 Å². The molecule has 1 rings (SSSR count). The van der Waals surface area contributed by atoms with Crippen molar-refractivity contribution in [2.45, 2.75) is 65.0 Å². The van der Waals surface area contributed by atoms with Crippen LogP contribution in [0.1, 0.15) is 52.9 Å². The molecule has 4 N–H and O–H groups in total. The Kier molecular flexibility index (Phi) is 9.98. The van der Waals surface area contributed by atoms with E-state index in [-0.39, 0.29) is 30.4 Å². The van der Waals surface area contributed by atoms with Gasteiger partial charge < -0.3 is 16.2 Å². The fourth-order valence-electron chi connectivity index (χ4n) is 3.29. The fraction of sp³-hybridized carbons (Fsp3) is 0.842. The number of hydrogen-bond acceptors (Lipinski definition) is 6. The van der Waals surface area contributed by atoms with E-state index in [0.717, 1.165) is 25.9 Å². The van der Waals surface area contributed by atoms with Crippen LogP contribution in [0.2, 0.25) is 0 Å². The third-order valence-electron chi connectivity index (χ3n) is 4.90. The lowest BCUT2D eigenvalue weighted by Crippen LogP contribution is -2.48. The van der Waals surface area contributed by atoms with E-state index in [9.17, 15) is 19.5 Å². The van der Waals surface area contributed by atoms with Crippen LogP contribution < -0.4 is 11.1 Å². The van der Waals surface area contributed by atoms with Crippen LogP contribution in [-0.4, -0.2) is 65.8 Å². The normalized spacial score (nSPS) is 19.0. The number of nitrogens with zero attached hydrogens (tertiary/aromatic N) is 1. The molecule has 0 saturated carbocycles. The molecule has 7 nitrogen and oxygen atoms in total. The number of likely N-dealkylation sites (tertiary alicyclic amines) is 1. The van der Waals surface area contributed by atoms with Crippen molar-refractivity contribution in [3.8, 4) is 0 Å². The van der Waals surface area contributed by atoms with Crippen molar-refractivity contribution in [2.24, 2.45) is 17.6 Å². The number of hydrogen-bond donors (Lipinski definition) is 3. The van der Waals surface area contributed by atoms with Crippen LogP contribution in [0.4, 0.5) is 0 Å². The summed E-state index contributed by atoms with van der Waals surface area (Å²) in [6.45, 7) is 7.43. The molecule has 0 radical (unpaired) electrons.